The number of nitrogens with zero attached hydrogens (tertiary/aromatic N) is 4. The van der Waals surface area contributed by atoms with Gasteiger partial charge in [-0.25, -0.2) is 14.1 Å². The highest BCUT2D eigenvalue weighted by molar-refractivity contribution is 6.02. The van der Waals surface area contributed by atoms with Crippen molar-refractivity contribution >= 4 is 11.6 Å². The summed E-state index contributed by atoms with van der Waals surface area (Å²) in [5.41, 5.74) is 0.449. The largest absolute Gasteiger partial charge is 0.439 e. The second-order valence-corrected chi connectivity index (χ2v) is 6.61. The fourth-order valence-electron chi connectivity index (χ4n) is 2.03. The summed E-state index contributed by atoms with van der Waals surface area (Å²) in [4.78, 5) is 16.4. The molecule has 7 nitrogen and oxygen atoms in total. The average Bonchev–Trinajstić information content (AvgIpc) is 3.09. The highest BCUT2D eigenvalue weighted by atomic mass is 19.1. The summed E-state index contributed by atoms with van der Waals surface area (Å²) in [7, 11) is 0. The Hall–Kier alpha value is -3.29. The summed E-state index contributed by atoms with van der Waals surface area (Å²) in [6.07, 6.45) is 3.06. The van der Waals surface area contributed by atoms with Crippen LogP contribution in [-0.2, 0) is 5.54 Å². The summed E-state index contributed by atoms with van der Waals surface area (Å²) in [6.45, 7) is 5.90. The Morgan fingerprint density at radius 3 is 2.46 bits per heavy atom. The van der Waals surface area contributed by atoms with Gasteiger partial charge in [0.2, 0.25) is 5.88 Å². The van der Waals surface area contributed by atoms with Gasteiger partial charge >= 0.3 is 0 Å². The van der Waals surface area contributed by atoms with Crippen LogP contribution in [0, 0.1) is 5.82 Å². The van der Waals surface area contributed by atoms with E-state index < -0.39 is 0 Å². The molecule has 0 atom stereocenters. The van der Waals surface area contributed by atoms with Crippen LogP contribution in [0.2, 0.25) is 0 Å². The van der Waals surface area contributed by atoms with Crippen LogP contribution < -0.4 is 10.1 Å². The molecule has 0 spiro atoms. The second-order valence-electron chi connectivity index (χ2n) is 6.61. The first-order valence-corrected chi connectivity index (χ1v) is 7.95. The van der Waals surface area contributed by atoms with Crippen LogP contribution in [0.3, 0.4) is 0 Å². The summed E-state index contributed by atoms with van der Waals surface area (Å²) >= 11 is 0. The molecule has 1 aromatic carbocycles. The highest BCUT2D eigenvalue weighted by Gasteiger charge is 2.18. The SMILES string of the molecule is CC(C)(C)n1cc(C(=O)Nc2ccc(Oc3ccc(F)cc3)nc2)nn1. The van der Waals surface area contributed by atoms with Crippen molar-refractivity contribution in [2.45, 2.75) is 26.3 Å². The van der Waals surface area contributed by atoms with Crippen molar-refractivity contribution < 1.29 is 13.9 Å². The third kappa shape index (κ3) is 4.21. The number of ether oxygens (including phenoxy) is 1. The smallest absolute Gasteiger partial charge is 0.277 e. The van der Waals surface area contributed by atoms with Crippen LogP contribution in [0.25, 0.3) is 0 Å². The van der Waals surface area contributed by atoms with Crippen LogP contribution in [0.1, 0.15) is 31.3 Å². The number of pyridine rings is 1. The number of carbonyl (C=O) groups is 1. The quantitative estimate of drug-likeness (QED) is 0.773. The highest BCUT2D eigenvalue weighted by Crippen LogP contribution is 2.21. The first-order valence-electron chi connectivity index (χ1n) is 7.95. The van der Waals surface area contributed by atoms with E-state index in [1.165, 1.54) is 30.5 Å². The Morgan fingerprint density at radius 1 is 1.15 bits per heavy atom. The average molecular weight is 355 g/mol. The molecule has 0 saturated carbocycles. The molecule has 0 fully saturated rings. The lowest BCUT2D eigenvalue weighted by Gasteiger charge is -2.17. The maximum absolute atomic E-state index is 12.9. The van der Waals surface area contributed by atoms with E-state index in [-0.39, 0.29) is 23.0 Å². The molecule has 1 N–H and O–H groups in total. The van der Waals surface area contributed by atoms with Gasteiger partial charge in [-0.2, -0.15) is 0 Å². The van der Waals surface area contributed by atoms with Gasteiger partial charge in [0.25, 0.3) is 5.91 Å². The van der Waals surface area contributed by atoms with E-state index in [0.717, 1.165) is 0 Å². The predicted octanol–water partition coefficient (Wildman–Crippen LogP) is 3.61. The zero-order valence-electron chi connectivity index (χ0n) is 14.6. The van der Waals surface area contributed by atoms with Gasteiger partial charge in [0.1, 0.15) is 11.6 Å². The lowest BCUT2D eigenvalue weighted by molar-refractivity contribution is 0.102. The number of hydrogen-bond acceptors (Lipinski definition) is 5. The molecule has 2 aromatic heterocycles. The normalized spacial score (nSPS) is 11.2. The van der Waals surface area contributed by atoms with Crippen LogP contribution >= 0.6 is 0 Å². The minimum atomic E-state index is -0.380. The molecule has 1 amide bonds. The van der Waals surface area contributed by atoms with E-state index in [2.05, 4.69) is 20.6 Å². The summed E-state index contributed by atoms with van der Waals surface area (Å²) in [6, 6.07) is 8.86. The number of aromatic nitrogens is 4. The second kappa shape index (κ2) is 6.91. The standard InChI is InChI=1S/C18H18FN5O2/c1-18(2,3)24-11-15(22-23-24)17(25)21-13-6-9-16(20-10-13)26-14-7-4-12(19)5-8-14/h4-11H,1-3H3,(H,21,25). The molecular weight excluding hydrogens is 337 g/mol. The zero-order valence-corrected chi connectivity index (χ0v) is 14.6. The van der Waals surface area contributed by atoms with E-state index >= 15 is 0 Å². The number of benzene rings is 1. The fourth-order valence-corrected chi connectivity index (χ4v) is 2.03. The Morgan fingerprint density at radius 2 is 1.88 bits per heavy atom. The van der Waals surface area contributed by atoms with Gasteiger partial charge in [0, 0.05) is 6.07 Å². The number of rotatable bonds is 4. The fraction of sp³-hybridized carbons (Fsp3) is 0.222. The van der Waals surface area contributed by atoms with Crippen molar-refractivity contribution in [3.63, 3.8) is 0 Å². The van der Waals surface area contributed by atoms with E-state index in [1.807, 2.05) is 20.8 Å². The van der Waals surface area contributed by atoms with Gasteiger partial charge in [0.15, 0.2) is 5.69 Å². The molecule has 0 unspecified atom stereocenters. The topological polar surface area (TPSA) is 81.9 Å². The molecule has 134 valence electrons. The number of amides is 1. The van der Waals surface area contributed by atoms with Crippen molar-refractivity contribution in [1.29, 1.82) is 0 Å². The molecule has 26 heavy (non-hydrogen) atoms. The van der Waals surface area contributed by atoms with Gasteiger partial charge in [-0.1, -0.05) is 5.21 Å². The first kappa shape index (κ1) is 17.5. The summed E-state index contributed by atoms with van der Waals surface area (Å²) in [5.74, 6) is 0.0732. The Balaban J connectivity index is 1.64. The van der Waals surface area contributed by atoms with Crippen molar-refractivity contribution in [1.82, 2.24) is 20.0 Å². The number of anilines is 1. The summed E-state index contributed by atoms with van der Waals surface area (Å²) in [5, 5.41) is 10.5. The molecule has 8 heteroatoms. The predicted molar refractivity (Wildman–Crippen MR) is 93.7 cm³/mol. The first-order chi connectivity index (χ1) is 12.3. The lowest BCUT2D eigenvalue weighted by atomic mass is 10.1. The molecule has 0 radical (unpaired) electrons. The Bertz CT molecular complexity index is 899. The number of halogens is 1. The lowest BCUT2D eigenvalue weighted by Crippen LogP contribution is -2.22. The van der Waals surface area contributed by atoms with Crippen molar-refractivity contribution in [2.24, 2.45) is 0 Å². The maximum Gasteiger partial charge on any atom is 0.277 e. The molecule has 3 rings (SSSR count). The molecule has 0 aliphatic rings. The van der Waals surface area contributed by atoms with Gasteiger partial charge in [0.05, 0.1) is 23.6 Å². The van der Waals surface area contributed by atoms with Gasteiger partial charge in [-0.15, -0.1) is 5.10 Å². The van der Waals surface area contributed by atoms with E-state index in [0.29, 0.717) is 17.3 Å². The van der Waals surface area contributed by atoms with E-state index in [4.69, 9.17) is 4.74 Å². The minimum Gasteiger partial charge on any atom is -0.439 e. The third-order valence-electron chi connectivity index (χ3n) is 3.44. The molecule has 2 heterocycles. The molecule has 0 aliphatic heterocycles. The molecule has 0 saturated heterocycles. The molecule has 0 aliphatic carbocycles. The molecule has 3 aromatic rings. The summed E-state index contributed by atoms with van der Waals surface area (Å²) < 4.78 is 20.0. The van der Waals surface area contributed by atoms with Gasteiger partial charge in [-0.3, -0.25) is 4.79 Å². The third-order valence-corrected chi connectivity index (χ3v) is 3.44. The maximum atomic E-state index is 12.9. The Kier molecular flexibility index (Phi) is 4.66. The van der Waals surface area contributed by atoms with Gasteiger partial charge in [-0.05, 0) is 51.1 Å². The van der Waals surface area contributed by atoms with Crippen molar-refractivity contribution in [3.8, 4) is 11.6 Å². The van der Waals surface area contributed by atoms with Crippen LogP contribution in [0.4, 0.5) is 10.1 Å². The monoisotopic (exact) mass is 355 g/mol. The van der Waals surface area contributed by atoms with E-state index in [9.17, 15) is 9.18 Å². The Labute approximate surface area is 149 Å². The molecular formula is C18H18FN5O2. The van der Waals surface area contributed by atoms with Crippen LogP contribution in [-0.4, -0.2) is 25.9 Å². The van der Waals surface area contributed by atoms with Gasteiger partial charge < -0.3 is 10.1 Å². The van der Waals surface area contributed by atoms with Crippen LogP contribution in [0.15, 0.2) is 48.8 Å². The number of carbonyl (C=O) groups excluding carboxylic acids is 1. The van der Waals surface area contributed by atoms with Crippen molar-refractivity contribution in [3.05, 3.63) is 60.3 Å². The van der Waals surface area contributed by atoms with Crippen LogP contribution in [0.5, 0.6) is 11.6 Å². The molecule has 0 bridgehead atoms. The number of hydrogen-bond donors (Lipinski definition) is 1. The minimum absolute atomic E-state index is 0.214. The van der Waals surface area contributed by atoms with Crippen molar-refractivity contribution in [2.75, 3.05) is 5.32 Å². The van der Waals surface area contributed by atoms with E-state index in [1.54, 1.807) is 23.0 Å². The number of nitrogens with one attached hydrogen (secondary N) is 1. The zero-order chi connectivity index (χ0) is 18.7.